The van der Waals surface area contributed by atoms with Gasteiger partial charge in [-0.3, -0.25) is 10.0 Å². The molecule has 1 saturated heterocycles. The van der Waals surface area contributed by atoms with Crippen molar-refractivity contribution in [2.24, 2.45) is 0 Å². The number of methoxy groups -OCH3 is 1. The second-order valence-electron chi connectivity index (χ2n) is 9.69. The molecule has 1 aliphatic heterocycles. The molecule has 0 unspecified atom stereocenters. The van der Waals surface area contributed by atoms with Crippen molar-refractivity contribution in [2.45, 2.75) is 18.9 Å². The van der Waals surface area contributed by atoms with Gasteiger partial charge in [-0.2, -0.15) is 10.5 Å². The third kappa shape index (κ3) is 5.84. The van der Waals surface area contributed by atoms with Gasteiger partial charge in [0.1, 0.15) is 29.3 Å². The molecular formula is C30H25FN8O4. The van der Waals surface area contributed by atoms with E-state index >= 15 is 0 Å². The molecule has 0 saturated carbocycles. The first-order valence-corrected chi connectivity index (χ1v) is 13.1. The van der Waals surface area contributed by atoms with E-state index in [1.165, 1.54) is 43.2 Å². The number of halogens is 1. The van der Waals surface area contributed by atoms with E-state index < -0.39 is 11.7 Å². The molecule has 0 radical (unpaired) electrons. The van der Waals surface area contributed by atoms with Gasteiger partial charge in [0.25, 0.3) is 5.91 Å². The van der Waals surface area contributed by atoms with Crippen molar-refractivity contribution in [3.05, 3.63) is 77.5 Å². The van der Waals surface area contributed by atoms with E-state index in [2.05, 4.69) is 26.3 Å². The van der Waals surface area contributed by atoms with Crippen LogP contribution in [-0.2, 0) is 0 Å². The predicted octanol–water partition coefficient (Wildman–Crippen LogP) is 4.00. The van der Waals surface area contributed by atoms with Crippen LogP contribution in [0.1, 0.15) is 34.3 Å². The maximum Gasteiger partial charge on any atom is 0.277 e. The number of anilines is 2. The zero-order chi connectivity index (χ0) is 30.5. The molecule has 2 aromatic heterocycles. The molecule has 1 fully saturated rings. The molecule has 13 heteroatoms. The summed E-state index contributed by atoms with van der Waals surface area (Å²) in [7, 11) is 1.43. The van der Waals surface area contributed by atoms with E-state index in [0.29, 0.717) is 60.0 Å². The molecule has 5 rings (SSSR count). The number of carbonyl (C=O) groups excluding carboxylic acids is 1. The number of rotatable bonds is 7. The fourth-order valence-corrected chi connectivity index (χ4v) is 4.99. The van der Waals surface area contributed by atoms with Crippen molar-refractivity contribution in [1.82, 2.24) is 20.4 Å². The number of piperidine rings is 1. The fraction of sp³-hybridized carbons (Fsp3) is 0.200. The van der Waals surface area contributed by atoms with Crippen LogP contribution in [0.25, 0.3) is 22.3 Å². The van der Waals surface area contributed by atoms with E-state index in [1.54, 1.807) is 24.4 Å². The quantitative estimate of drug-likeness (QED) is 0.183. The summed E-state index contributed by atoms with van der Waals surface area (Å²) in [6.45, 7) is 1.07. The highest BCUT2D eigenvalue weighted by atomic mass is 19.1. The normalized spacial score (nSPS) is 13.1. The van der Waals surface area contributed by atoms with Crippen LogP contribution >= 0.6 is 0 Å². The number of ether oxygens (including phenoxy) is 1. The lowest BCUT2D eigenvalue weighted by atomic mass is 9.91. The molecular weight excluding hydrogens is 555 g/mol. The van der Waals surface area contributed by atoms with E-state index in [4.69, 9.17) is 9.94 Å². The van der Waals surface area contributed by atoms with Crippen molar-refractivity contribution in [3.63, 3.8) is 0 Å². The minimum Gasteiger partial charge on any atom is -0.504 e. The molecule has 4 N–H and O–H groups in total. The third-order valence-electron chi connectivity index (χ3n) is 7.18. The molecule has 12 nitrogen and oxygen atoms in total. The molecule has 43 heavy (non-hydrogen) atoms. The molecule has 216 valence electrons. The monoisotopic (exact) mass is 580 g/mol. The maximum absolute atomic E-state index is 14.8. The number of nitrogens with zero attached hydrogens (tertiary/aromatic N) is 6. The second-order valence-corrected chi connectivity index (χ2v) is 9.69. The predicted molar refractivity (Wildman–Crippen MR) is 153 cm³/mol. The van der Waals surface area contributed by atoms with E-state index in [9.17, 15) is 24.8 Å². The van der Waals surface area contributed by atoms with Gasteiger partial charge in [0, 0.05) is 48.8 Å². The summed E-state index contributed by atoms with van der Waals surface area (Å²) < 4.78 is 19.9. The van der Waals surface area contributed by atoms with Crippen molar-refractivity contribution in [3.8, 4) is 45.9 Å². The van der Waals surface area contributed by atoms with Crippen LogP contribution in [0.2, 0.25) is 0 Å². The first-order valence-electron chi connectivity index (χ1n) is 13.1. The zero-order valence-electron chi connectivity index (χ0n) is 22.9. The van der Waals surface area contributed by atoms with Crippen molar-refractivity contribution in [2.75, 3.05) is 30.4 Å². The number of hydroxylamine groups is 1. The number of pyridine rings is 1. The van der Waals surface area contributed by atoms with Crippen LogP contribution in [0.4, 0.5) is 16.2 Å². The average Bonchev–Trinajstić information content (AvgIpc) is 3.04. The van der Waals surface area contributed by atoms with Crippen LogP contribution in [0.15, 0.2) is 55.0 Å². The topological polar surface area (TPSA) is 180 Å². The van der Waals surface area contributed by atoms with Crippen molar-refractivity contribution < 1.29 is 24.2 Å². The lowest BCUT2D eigenvalue weighted by Crippen LogP contribution is -2.40. The van der Waals surface area contributed by atoms with Gasteiger partial charge in [-0.05, 0) is 48.2 Å². The van der Waals surface area contributed by atoms with E-state index in [-0.39, 0.29) is 34.2 Å². The summed E-state index contributed by atoms with van der Waals surface area (Å²) in [5.41, 5.74) is 3.59. The van der Waals surface area contributed by atoms with Gasteiger partial charge in [0.05, 0.1) is 18.2 Å². The Morgan fingerprint density at radius 3 is 2.37 bits per heavy atom. The number of aromatic hydroxyl groups is 1. The molecule has 2 aromatic carbocycles. The van der Waals surface area contributed by atoms with Crippen LogP contribution in [0.3, 0.4) is 0 Å². The molecule has 0 bridgehead atoms. The summed E-state index contributed by atoms with van der Waals surface area (Å²) in [4.78, 5) is 26.4. The Bertz CT molecular complexity index is 1760. The number of carbonyl (C=O) groups is 1. The standard InChI is InChI=1S/C30H25FN8O4/c1-43-26-5-4-17(11-25(26)40)23-16-34-28(22(13-33)27(23)18-2-3-19(12-32)24(31)10-18)39-8-6-21(7-9-39)37-30-35-14-20(15-36-30)29(41)38-42/h2-5,10-11,14-16,21,40,42H,6-9H2,1H3,(H,38,41)(H,35,36,37). The lowest BCUT2D eigenvalue weighted by Gasteiger charge is -2.34. The van der Waals surface area contributed by atoms with Gasteiger partial charge >= 0.3 is 0 Å². The number of hydrogen-bond acceptors (Lipinski definition) is 11. The summed E-state index contributed by atoms with van der Waals surface area (Å²) in [6.07, 6.45) is 5.51. The lowest BCUT2D eigenvalue weighted by molar-refractivity contribution is 0.0705. The maximum atomic E-state index is 14.8. The van der Waals surface area contributed by atoms with Gasteiger partial charge < -0.3 is 20.1 Å². The molecule has 0 atom stereocenters. The van der Waals surface area contributed by atoms with Crippen LogP contribution in [0.5, 0.6) is 11.5 Å². The van der Waals surface area contributed by atoms with Crippen molar-refractivity contribution >= 4 is 17.7 Å². The summed E-state index contributed by atoms with van der Waals surface area (Å²) in [6, 6.07) is 13.0. The molecule has 1 aliphatic rings. The van der Waals surface area contributed by atoms with Gasteiger partial charge in [-0.15, -0.1) is 0 Å². The first-order chi connectivity index (χ1) is 20.9. The Kier molecular flexibility index (Phi) is 8.27. The second kappa shape index (κ2) is 12.4. The van der Waals surface area contributed by atoms with E-state index in [0.717, 1.165) is 0 Å². The summed E-state index contributed by atoms with van der Waals surface area (Å²) in [5, 5.41) is 42.0. The molecule has 3 heterocycles. The average molecular weight is 581 g/mol. The minimum atomic E-state index is -0.718. The summed E-state index contributed by atoms with van der Waals surface area (Å²) >= 11 is 0. The van der Waals surface area contributed by atoms with Crippen LogP contribution in [0, 0.1) is 28.5 Å². The fourth-order valence-electron chi connectivity index (χ4n) is 4.99. The largest absolute Gasteiger partial charge is 0.504 e. The number of aromatic nitrogens is 3. The Hall–Kier alpha value is -5.79. The Balaban J connectivity index is 1.46. The highest BCUT2D eigenvalue weighted by Gasteiger charge is 2.26. The smallest absolute Gasteiger partial charge is 0.277 e. The van der Waals surface area contributed by atoms with E-state index in [1.807, 2.05) is 11.0 Å². The van der Waals surface area contributed by atoms with Gasteiger partial charge in [0.2, 0.25) is 5.95 Å². The van der Waals surface area contributed by atoms with Crippen LogP contribution < -0.4 is 20.4 Å². The van der Waals surface area contributed by atoms with Gasteiger partial charge in [0.15, 0.2) is 11.5 Å². The molecule has 4 aromatic rings. The SMILES string of the molecule is COc1ccc(-c2cnc(N3CCC(Nc4ncc(C(=O)NO)cn4)CC3)c(C#N)c2-c2ccc(C#N)c(F)c2)cc1O. The number of amides is 1. The Morgan fingerprint density at radius 1 is 1.05 bits per heavy atom. The molecule has 0 spiro atoms. The zero-order valence-corrected chi connectivity index (χ0v) is 22.9. The van der Waals surface area contributed by atoms with Gasteiger partial charge in [-0.25, -0.2) is 24.8 Å². The van der Waals surface area contributed by atoms with Gasteiger partial charge in [-0.1, -0.05) is 12.1 Å². The van der Waals surface area contributed by atoms with Crippen LogP contribution in [-0.4, -0.2) is 57.4 Å². The number of phenolic OH excluding ortho intramolecular Hbond substituents is 1. The number of hydrogen-bond donors (Lipinski definition) is 4. The number of benzene rings is 2. The molecule has 1 amide bonds. The van der Waals surface area contributed by atoms with Crippen molar-refractivity contribution in [1.29, 1.82) is 10.5 Å². The minimum absolute atomic E-state index is 0.00736. The number of nitriles is 2. The highest BCUT2D eigenvalue weighted by Crippen LogP contribution is 2.41. The Labute approximate surface area is 245 Å². The Morgan fingerprint density at radius 2 is 1.77 bits per heavy atom. The number of nitrogens with one attached hydrogen (secondary N) is 2. The summed E-state index contributed by atoms with van der Waals surface area (Å²) in [5.74, 6) is -0.500. The third-order valence-corrected chi connectivity index (χ3v) is 7.18. The number of phenols is 1. The highest BCUT2D eigenvalue weighted by molar-refractivity contribution is 5.93. The molecule has 0 aliphatic carbocycles. The first kappa shape index (κ1) is 28.7.